The summed E-state index contributed by atoms with van der Waals surface area (Å²) < 4.78 is 25.1. The fraction of sp³-hybridized carbons (Fsp3) is 0.111. The minimum Gasteiger partial charge on any atom is -0.493 e. The maximum Gasteiger partial charge on any atom is 0.335 e. The molecule has 1 saturated heterocycles. The number of carboxylic acids is 1. The van der Waals surface area contributed by atoms with Crippen molar-refractivity contribution in [1.29, 1.82) is 0 Å². The van der Waals surface area contributed by atoms with Crippen LogP contribution in [0.4, 0.5) is 14.9 Å². The number of benzene rings is 3. The van der Waals surface area contributed by atoms with Crippen LogP contribution in [0.3, 0.4) is 0 Å². The SMILES string of the molecule is COc1cccc(/C=C2/NC(=O)N(CC(=O)Nc3ccccc3F)C2=O)c1OCc1cccc(C(=O)O)c1. The van der Waals surface area contributed by atoms with Gasteiger partial charge >= 0.3 is 12.0 Å². The van der Waals surface area contributed by atoms with Crippen LogP contribution in [0.25, 0.3) is 6.08 Å². The van der Waals surface area contributed by atoms with Gasteiger partial charge < -0.3 is 25.2 Å². The van der Waals surface area contributed by atoms with Crippen LogP contribution in [-0.2, 0) is 16.2 Å². The summed E-state index contributed by atoms with van der Waals surface area (Å²) in [6.07, 6.45) is 1.38. The molecule has 11 heteroatoms. The Hall–Kier alpha value is -5.19. The second-order valence-corrected chi connectivity index (χ2v) is 8.08. The highest BCUT2D eigenvalue weighted by atomic mass is 19.1. The summed E-state index contributed by atoms with van der Waals surface area (Å²) in [6.45, 7) is -0.627. The van der Waals surface area contributed by atoms with Gasteiger partial charge in [0.15, 0.2) is 11.5 Å². The summed E-state index contributed by atoms with van der Waals surface area (Å²) in [5.74, 6) is -2.65. The van der Waals surface area contributed by atoms with Gasteiger partial charge in [0.05, 0.1) is 18.4 Å². The summed E-state index contributed by atoms with van der Waals surface area (Å²) in [5, 5.41) is 14.0. The van der Waals surface area contributed by atoms with Crippen molar-refractivity contribution in [2.24, 2.45) is 0 Å². The monoisotopic (exact) mass is 519 g/mol. The number of methoxy groups -OCH3 is 1. The van der Waals surface area contributed by atoms with Gasteiger partial charge in [0.25, 0.3) is 5.91 Å². The van der Waals surface area contributed by atoms with Gasteiger partial charge in [-0.1, -0.05) is 36.4 Å². The first-order valence-electron chi connectivity index (χ1n) is 11.3. The van der Waals surface area contributed by atoms with E-state index in [9.17, 15) is 28.7 Å². The first-order chi connectivity index (χ1) is 18.3. The number of urea groups is 1. The number of rotatable bonds is 9. The fourth-order valence-electron chi connectivity index (χ4n) is 3.68. The third-order valence-electron chi connectivity index (χ3n) is 5.50. The molecule has 38 heavy (non-hydrogen) atoms. The van der Waals surface area contributed by atoms with Gasteiger partial charge in [-0.05, 0) is 42.0 Å². The van der Waals surface area contributed by atoms with E-state index in [1.807, 2.05) is 0 Å². The molecule has 3 aromatic carbocycles. The van der Waals surface area contributed by atoms with E-state index in [1.54, 1.807) is 30.3 Å². The Morgan fingerprint density at radius 1 is 1.08 bits per heavy atom. The van der Waals surface area contributed by atoms with Gasteiger partial charge in [-0.25, -0.2) is 18.9 Å². The standard InChI is InChI=1S/C27H22FN3O7/c1-37-22-11-5-7-17(24(22)38-15-16-6-4-8-18(12-16)26(34)35)13-21-25(33)31(27(36)30-21)14-23(32)29-20-10-3-2-9-19(20)28/h2-13H,14-15H2,1H3,(H,29,32)(H,30,36)(H,34,35)/b21-13+. The van der Waals surface area contributed by atoms with Crippen LogP contribution >= 0.6 is 0 Å². The predicted octanol–water partition coefficient (Wildman–Crippen LogP) is 3.64. The zero-order valence-electron chi connectivity index (χ0n) is 20.1. The van der Waals surface area contributed by atoms with Crippen molar-refractivity contribution in [2.75, 3.05) is 19.0 Å². The largest absolute Gasteiger partial charge is 0.493 e. The summed E-state index contributed by atoms with van der Waals surface area (Å²) in [4.78, 5) is 49.7. The predicted molar refractivity (Wildman–Crippen MR) is 134 cm³/mol. The number of nitrogens with one attached hydrogen (secondary N) is 2. The maximum atomic E-state index is 13.8. The molecule has 3 N–H and O–H groups in total. The molecule has 0 atom stereocenters. The molecule has 0 saturated carbocycles. The Morgan fingerprint density at radius 3 is 2.58 bits per heavy atom. The number of ether oxygens (including phenoxy) is 2. The average Bonchev–Trinajstić information content (AvgIpc) is 3.16. The Labute approximate surface area is 216 Å². The van der Waals surface area contributed by atoms with Crippen molar-refractivity contribution in [3.8, 4) is 11.5 Å². The third-order valence-corrected chi connectivity index (χ3v) is 5.50. The number of imide groups is 1. The topological polar surface area (TPSA) is 134 Å². The Bertz CT molecular complexity index is 1450. The van der Waals surface area contributed by atoms with Crippen LogP contribution in [-0.4, -0.2) is 47.5 Å². The van der Waals surface area contributed by atoms with Gasteiger partial charge in [-0.3, -0.25) is 9.59 Å². The molecule has 1 aliphatic heterocycles. The molecule has 4 amide bonds. The molecule has 0 aromatic heterocycles. The normalized spacial score (nSPS) is 13.8. The fourth-order valence-corrected chi connectivity index (χ4v) is 3.68. The molecular formula is C27H22FN3O7. The van der Waals surface area contributed by atoms with Crippen molar-refractivity contribution >= 4 is 35.6 Å². The van der Waals surface area contributed by atoms with Gasteiger partial charge in [-0.2, -0.15) is 0 Å². The number of nitrogens with zero attached hydrogens (tertiary/aromatic N) is 1. The molecule has 4 rings (SSSR count). The highest BCUT2D eigenvalue weighted by Crippen LogP contribution is 2.34. The van der Waals surface area contributed by atoms with E-state index in [4.69, 9.17) is 9.47 Å². The van der Waals surface area contributed by atoms with E-state index in [-0.39, 0.29) is 29.3 Å². The maximum absolute atomic E-state index is 13.8. The summed E-state index contributed by atoms with van der Waals surface area (Å²) >= 11 is 0. The van der Waals surface area contributed by atoms with Crippen molar-refractivity contribution in [3.05, 3.63) is 94.9 Å². The van der Waals surface area contributed by atoms with Crippen molar-refractivity contribution in [2.45, 2.75) is 6.61 Å². The Balaban J connectivity index is 1.52. The van der Waals surface area contributed by atoms with Crippen LogP contribution in [0, 0.1) is 5.82 Å². The molecule has 1 fully saturated rings. The number of aromatic carboxylic acids is 1. The number of hydrogen-bond donors (Lipinski definition) is 3. The van der Waals surface area contributed by atoms with Crippen molar-refractivity contribution in [3.63, 3.8) is 0 Å². The van der Waals surface area contributed by atoms with Gasteiger partial charge in [-0.15, -0.1) is 0 Å². The number of hydrogen-bond acceptors (Lipinski definition) is 6. The minimum atomic E-state index is -1.07. The number of halogens is 1. The van der Waals surface area contributed by atoms with E-state index in [0.717, 1.165) is 0 Å². The smallest absolute Gasteiger partial charge is 0.335 e. The quantitative estimate of drug-likeness (QED) is 0.290. The lowest BCUT2D eigenvalue weighted by molar-refractivity contribution is -0.127. The molecule has 0 bridgehead atoms. The number of anilines is 1. The number of carbonyl (C=O) groups excluding carboxylic acids is 3. The minimum absolute atomic E-state index is 0.000312. The van der Waals surface area contributed by atoms with Gasteiger partial charge in [0.1, 0.15) is 24.7 Å². The first-order valence-corrected chi connectivity index (χ1v) is 11.3. The van der Waals surface area contributed by atoms with Crippen molar-refractivity contribution in [1.82, 2.24) is 10.2 Å². The summed E-state index contributed by atoms with van der Waals surface area (Å²) in [7, 11) is 1.43. The second-order valence-electron chi connectivity index (χ2n) is 8.08. The third kappa shape index (κ3) is 5.78. The number of carboxylic acid groups (broad SMARTS) is 1. The summed E-state index contributed by atoms with van der Waals surface area (Å²) in [6, 6.07) is 15.8. The lowest BCUT2D eigenvalue weighted by Crippen LogP contribution is -2.38. The lowest BCUT2D eigenvalue weighted by atomic mass is 10.1. The number of para-hydroxylation sites is 2. The van der Waals surface area contributed by atoms with Crippen LogP contribution in [0.1, 0.15) is 21.5 Å². The zero-order valence-corrected chi connectivity index (χ0v) is 20.1. The van der Waals surface area contributed by atoms with Gasteiger partial charge in [0, 0.05) is 5.56 Å². The molecule has 0 radical (unpaired) electrons. The van der Waals surface area contributed by atoms with E-state index in [1.165, 1.54) is 49.6 Å². The molecule has 3 aromatic rings. The lowest BCUT2D eigenvalue weighted by Gasteiger charge is -2.14. The molecule has 0 unspecified atom stereocenters. The Morgan fingerprint density at radius 2 is 1.84 bits per heavy atom. The van der Waals surface area contributed by atoms with Gasteiger partial charge in [0.2, 0.25) is 5.91 Å². The molecule has 0 aliphatic carbocycles. The van der Waals surface area contributed by atoms with Crippen LogP contribution < -0.4 is 20.1 Å². The molecule has 0 spiro atoms. The second kappa shape index (κ2) is 11.2. The molecule has 1 aliphatic rings. The first kappa shape index (κ1) is 25.9. The number of carbonyl (C=O) groups is 4. The Kier molecular flexibility index (Phi) is 7.66. The van der Waals surface area contributed by atoms with Crippen LogP contribution in [0.2, 0.25) is 0 Å². The van der Waals surface area contributed by atoms with E-state index >= 15 is 0 Å². The van der Waals surface area contributed by atoms with E-state index < -0.39 is 36.2 Å². The average molecular weight is 519 g/mol. The highest BCUT2D eigenvalue weighted by molar-refractivity contribution is 6.16. The molecule has 194 valence electrons. The molecular weight excluding hydrogens is 497 g/mol. The van der Waals surface area contributed by atoms with E-state index in [0.29, 0.717) is 21.8 Å². The van der Waals surface area contributed by atoms with Crippen molar-refractivity contribution < 1.29 is 38.1 Å². The summed E-state index contributed by atoms with van der Waals surface area (Å²) in [5.41, 5.74) is 0.894. The van der Waals surface area contributed by atoms with Crippen LogP contribution in [0.5, 0.6) is 11.5 Å². The molecule has 1 heterocycles. The van der Waals surface area contributed by atoms with E-state index in [2.05, 4.69) is 10.6 Å². The highest BCUT2D eigenvalue weighted by Gasteiger charge is 2.35. The van der Waals surface area contributed by atoms with Crippen LogP contribution in [0.15, 0.2) is 72.4 Å². The molecule has 10 nitrogen and oxygen atoms in total. The zero-order chi connectivity index (χ0) is 27.2. The number of amides is 4.